The molecule has 6 nitrogen and oxygen atoms in total. The number of morpholine rings is 1. The van der Waals surface area contributed by atoms with Gasteiger partial charge in [0.15, 0.2) is 0 Å². The maximum Gasteiger partial charge on any atom is 0.227 e. The van der Waals surface area contributed by atoms with Crippen molar-refractivity contribution >= 4 is 23.4 Å². The second-order valence-electron chi connectivity index (χ2n) is 9.49. The van der Waals surface area contributed by atoms with Gasteiger partial charge in [0, 0.05) is 48.5 Å². The lowest BCUT2D eigenvalue weighted by atomic mass is 9.76. The average Bonchev–Trinajstić information content (AvgIpc) is 2.73. The zero-order valence-corrected chi connectivity index (χ0v) is 19.0. The van der Waals surface area contributed by atoms with Gasteiger partial charge in [-0.3, -0.25) is 9.59 Å². The Balaban J connectivity index is 1.76. The van der Waals surface area contributed by atoms with Gasteiger partial charge >= 0.3 is 0 Å². The van der Waals surface area contributed by atoms with Crippen molar-refractivity contribution in [3.05, 3.63) is 29.3 Å². The van der Waals surface area contributed by atoms with Gasteiger partial charge in [-0.25, -0.2) is 0 Å². The normalized spacial score (nSPS) is 22.7. The number of halogens is 1. The third kappa shape index (κ3) is 5.88. The van der Waals surface area contributed by atoms with Crippen LogP contribution in [0.15, 0.2) is 24.3 Å². The van der Waals surface area contributed by atoms with Crippen molar-refractivity contribution < 1.29 is 19.1 Å². The van der Waals surface area contributed by atoms with Crippen LogP contribution in [0.2, 0.25) is 5.02 Å². The highest BCUT2D eigenvalue weighted by molar-refractivity contribution is 6.30. The molecule has 0 bridgehead atoms. The largest absolute Gasteiger partial charge is 0.493 e. The van der Waals surface area contributed by atoms with E-state index in [1.54, 1.807) is 12.1 Å². The van der Waals surface area contributed by atoms with Crippen molar-refractivity contribution in [2.75, 3.05) is 46.0 Å². The van der Waals surface area contributed by atoms with E-state index in [9.17, 15) is 9.59 Å². The molecule has 2 saturated heterocycles. The van der Waals surface area contributed by atoms with Crippen LogP contribution in [-0.2, 0) is 14.3 Å². The number of carbonyl (C=O) groups excluding carboxylic acids is 2. The molecule has 0 aromatic heterocycles. The summed E-state index contributed by atoms with van der Waals surface area (Å²) in [6, 6.07) is 7.25. The van der Waals surface area contributed by atoms with Crippen LogP contribution in [-0.4, -0.2) is 67.6 Å². The van der Waals surface area contributed by atoms with E-state index in [1.165, 1.54) is 0 Å². The Morgan fingerprint density at radius 2 is 1.77 bits per heavy atom. The van der Waals surface area contributed by atoms with Crippen molar-refractivity contribution in [3.8, 4) is 5.75 Å². The van der Waals surface area contributed by atoms with Gasteiger partial charge in [-0.1, -0.05) is 32.4 Å². The van der Waals surface area contributed by atoms with Crippen LogP contribution < -0.4 is 4.74 Å². The summed E-state index contributed by atoms with van der Waals surface area (Å²) in [7, 11) is 0. The van der Waals surface area contributed by atoms with Gasteiger partial charge in [0.25, 0.3) is 0 Å². The molecule has 0 spiro atoms. The van der Waals surface area contributed by atoms with Crippen molar-refractivity contribution in [3.63, 3.8) is 0 Å². The van der Waals surface area contributed by atoms with Gasteiger partial charge < -0.3 is 19.3 Å². The van der Waals surface area contributed by atoms with Crippen LogP contribution in [0.1, 0.15) is 40.0 Å². The molecule has 3 rings (SSSR count). The first-order chi connectivity index (χ1) is 14.2. The minimum atomic E-state index is -0.450. The first-order valence-electron chi connectivity index (χ1n) is 10.7. The third-order valence-corrected chi connectivity index (χ3v) is 6.09. The molecule has 7 heteroatoms. The monoisotopic (exact) mass is 436 g/mol. The zero-order chi connectivity index (χ0) is 21.8. The fourth-order valence-corrected chi connectivity index (χ4v) is 4.31. The maximum absolute atomic E-state index is 13.1. The first-order valence-corrected chi connectivity index (χ1v) is 11.1. The Hall–Kier alpha value is -1.79. The molecule has 2 aliphatic rings. The fourth-order valence-electron chi connectivity index (χ4n) is 4.18. The first kappa shape index (κ1) is 22.9. The SMILES string of the molecule is CC(C)(C)C(=O)N1CCCC(COc2ccc(Cl)cc2)(CC(=O)N2CCOCC2)C1. The topological polar surface area (TPSA) is 59.1 Å². The number of carbonyl (C=O) groups is 2. The number of ether oxygens (including phenoxy) is 2. The maximum atomic E-state index is 13.1. The molecule has 166 valence electrons. The molecule has 2 heterocycles. The number of hydrogen-bond donors (Lipinski definition) is 0. The van der Waals surface area contributed by atoms with Crippen molar-refractivity contribution in [2.45, 2.75) is 40.0 Å². The third-order valence-electron chi connectivity index (χ3n) is 5.84. The summed E-state index contributed by atoms with van der Waals surface area (Å²) in [5, 5.41) is 0.652. The van der Waals surface area contributed by atoms with E-state index < -0.39 is 10.8 Å². The minimum Gasteiger partial charge on any atom is -0.493 e. The number of hydrogen-bond acceptors (Lipinski definition) is 4. The highest BCUT2D eigenvalue weighted by atomic mass is 35.5. The average molecular weight is 437 g/mol. The van der Waals surface area contributed by atoms with E-state index >= 15 is 0 Å². The second-order valence-corrected chi connectivity index (χ2v) is 9.93. The summed E-state index contributed by atoms with van der Waals surface area (Å²) >= 11 is 5.98. The number of piperidine rings is 1. The molecule has 2 amide bonds. The molecule has 0 radical (unpaired) electrons. The molecule has 1 aromatic rings. The number of benzene rings is 1. The summed E-state index contributed by atoms with van der Waals surface area (Å²) in [4.78, 5) is 29.9. The van der Waals surface area contributed by atoms with E-state index in [1.807, 2.05) is 42.7 Å². The summed E-state index contributed by atoms with van der Waals surface area (Å²) < 4.78 is 11.5. The highest BCUT2D eigenvalue weighted by Gasteiger charge is 2.42. The van der Waals surface area contributed by atoms with E-state index in [0.717, 1.165) is 25.1 Å². The fraction of sp³-hybridized carbons (Fsp3) is 0.652. The molecular formula is C23H33ClN2O4. The summed E-state index contributed by atoms with van der Waals surface area (Å²) in [5.74, 6) is 0.955. The van der Waals surface area contributed by atoms with E-state index in [4.69, 9.17) is 21.1 Å². The Morgan fingerprint density at radius 3 is 2.40 bits per heavy atom. The van der Waals surface area contributed by atoms with E-state index in [2.05, 4.69) is 0 Å². The molecule has 0 aliphatic carbocycles. The zero-order valence-electron chi connectivity index (χ0n) is 18.3. The van der Waals surface area contributed by atoms with Gasteiger partial charge in [0.05, 0.1) is 19.8 Å². The van der Waals surface area contributed by atoms with Crippen LogP contribution in [0.5, 0.6) is 5.75 Å². The molecule has 2 aliphatic heterocycles. The van der Waals surface area contributed by atoms with Crippen molar-refractivity contribution in [1.82, 2.24) is 9.80 Å². The lowest BCUT2D eigenvalue weighted by Gasteiger charge is -2.44. The lowest BCUT2D eigenvalue weighted by Crippen LogP contribution is -2.53. The molecule has 1 atom stereocenters. The molecule has 30 heavy (non-hydrogen) atoms. The van der Waals surface area contributed by atoms with Crippen LogP contribution >= 0.6 is 11.6 Å². The smallest absolute Gasteiger partial charge is 0.227 e. The summed E-state index contributed by atoms with van der Waals surface area (Å²) in [5.41, 5.74) is -0.859. The second kappa shape index (κ2) is 9.56. The van der Waals surface area contributed by atoms with Gasteiger partial charge in [0.1, 0.15) is 5.75 Å². The predicted octanol–water partition coefficient (Wildman–Crippen LogP) is 3.62. The van der Waals surface area contributed by atoms with Crippen LogP contribution in [0.4, 0.5) is 0 Å². The molecule has 1 aromatic carbocycles. The standard InChI is InChI=1S/C23H33ClN2O4/c1-22(2,3)21(28)26-10-4-9-23(16-26,15-20(27)25-11-13-29-14-12-25)17-30-19-7-5-18(24)6-8-19/h5-8H,4,9-17H2,1-3H3. The quantitative estimate of drug-likeness (QED) is 0.707. The summed E-state index contributed by atoms with van der Waals surface area (Å²) in [6.07, 6.45) is 2.08. The molecular weight excluding hydrogens is 404 g/mol. The lowest BCUT2D eigenvalue weighted by molar-refractivity contribution is -0.148. The molecule has 2 fully saturated rings. The van der Waals surface area contributed by atoms with Gasteiger partial charge in [0.2, 0.25) is 11.8 Å². The predicted molar refractivity (Wildman–Crippen MR) is 117 cm³/mol. The van der Waals surface area contributed by atoms with E-state index in [0.29, 0.717) is 50.9 Å². The van der Waals surface area contributed by atoms with Gasteiger partial charge in [-0.2, -0.15) is 0 Å². The Bertz CT molecular complexity index is 741. The minimum absolute atomic E-state index is 0.114. The number of likely N-dealkylation sites (tertiary alicyclic amines) is 1. The Morgan fingerprint density at radius 1 is 1.10 bits per heavy atom. The molecule has 1 unspecified atom stereocenters. The number of nitrogens with zero attached hydrogens (tertiary/aromatic N) is 2. The summed E-state index contributed by atoms with van der Waals surface area (Å²) in [6.45, 7) is 9.87. The van der Waals surface area contributed by atoms with Crippen LogP contribution in [0.25, 0.3) is 0 Å². The van der Waals surface area contributed by atoms with Crippen LogP contribution in [0.3, 0.4) is 0 Å². The van der Waals surface area contributed by atoms with Crippen molar-refractivity contribution in [2.24, 2.45) is 10.8 Å². The number of amides is 2. The van der Waals surface area contributed by atoms with E-state index in [-0.39, 0.29) is 11.8 Å². The molecule has 0 saturated carbocycles. The van der Waals surface area contributed by atoms with Gasteiger partial charge in [-0.15, -0.1) is 0 Å². The van der Waals surface area contributed by atoms with Crippen molar-refractivity contribution in [1.29, 1.82) is 0 Å². The Labute approximate surface area is 184 Å². The van der Waals surface area contributed by atoms with Crippen LogP contribution in [0, 0.1) is 10.8 Å². The highest BCUT2D eigenvalue weighted by Crippen LogP contribution is 2.37. The Kier molecular flexibility index (Phi) is 7.30. The van der Waals surface area contributed by atoms with Gasteiger partial charge in [-0.05, 0) is 37.1 Å². The number of rotatable bonds is 5. The molecule has 0 N–H and O–H groups in total.